The van der Waals surface area contributed by atoms with E-state index in [1.807, 2.05) is 13.8 Å². The number of epoxide rings is 1. The number of rotatable bonds is 12. The Labute approximate surface area is 225 Å². The van der Waals surface area contributed by atoms with E-state index in [1.165, 1.54) is 45.3 Å². The largest absolute Gasteiger partial charge is 0.382 e. The molecule has 3 N–H and O–H groups in total. The van der Waals surface area contributed by atoms with Crippen LogP contribution >= 0.6 is 0 Å². The quantitative estimate of drug-likeness (QED) is 0.344. The normalized spacial score (nSPS) is 20.5. The summed E-state index contributed by atoms with van der Waals surface area (Å²) in [6.07, 6.45) is 7.89. The number of nitrogens with one attached hydrogen (secondary N) is 3. The van der Waals surface area contributed by atoms with Crippen molar-refractivity contribution in [2.24, 2.45) is 11.8 Å². The summed E-state index contributed by atoms with van der Waals surface area (Å²) in [5, 5.41) is 11.2. The number of carbonyl (C=O) groups is 4. The Morgan fingerprint density at radius 1 is 1.13 bits per heavy atom. The standard InChI is InChI=1S/C20H30N4O7.C7H14/c1-11(2)6-13(17(26)20(4)10-30-20)22-16(25)8-21-18(27)15(9-29-5)23-19(28)14-7-12(3)31-24-14;1-7-5-3-2-4-6-7/h7,11,13,15H,6,8-10H2,1-5H3,(H,21,27)(H,22,25)(H,23,28);7H,2-6H2,1H3/t13-,15-,20+;/m0./s1. The minimum absolute atomic E-state index is 0.0231. The van der Waals surface area contributed by atoms with Gasteiger partial charge in [-0.25, -0.2) is 0 Å². The van der Waals surface area contributed by atoms with Crippen LogP contribution in [0.4, 0.5) is 0 Å². The third-order valence-electron chi connectivity index (χ3n) is 6.59. The van der Waals surface area contributed by atoms with Crippen molar-refractivity contribution in [1.29, 1.82) is 0 Å². The zero-order chi connectivity index (χ0) is 28.3. The van der Waals surface area contributed by atoms with Gasteiger partial charge < -0.3 is 29.9 Å². The van der Waals surface area contributed by atoms with E-state index < -0.39 is 35.4 Å². The summed E-state index contributed by atoms with van der Waals surface area (Å²) in [5.74, 6) is -0.278. The molecule has 0 spiro atoms. The maximum atomic E-state index is 12.6. The van der Waals surface area contributed by atoms with Gasteiger partial charge in [0.15, 0.2) is 11.5 Å². The van der Waals surface area contributed by atoms with Gasteiger partial charge in [0.05, 0.1) is 25.8 Å². The van der Waals surface area contributed by atoms with Crippen LogP contribution in [0.1, 0.15) is 82.5 Å². The molecule has 0 radical (unpaired) electrons. The van der Waals surface area contributed by atoms with Gasteiger partial charge in [-0.2, -0.15) is 0 Å². The molecule has 1 saturated carbocycles. The third kappa shape index (κ3) is 10.5. The van der Waals surface area contributed by atoms with E-state index in [0.717, 1.165) is 5.92 Å². The highest BCUT2D eigenvalue weighted by Gasteiger charge is 2.50. The summed E-state index contributed by atoms with van der Waals surface area (Å²) in [5.41, 5.74) is -0.835. The SMILES string of the molecule is CC1CCCCC1.COC[C@H](NC(=O)c1cc(C)on1)C(=O)NCC(=O)N[C@@H](CC(C)C)C(=O)[C@@]1(C)CO1. The van der Waals surface area contributed by atoms with Gasteiger partial charge in [0, 0.05) is 13.2 Å². The van der Waals surface area contributed by atoms with Crippen LogP contribution in [-0.4, -0.2) is 73.2 Å². The molecule has 214 valence electrons. The average Bonchev–Trinajstić information content (AvgIpc) is 3.47. The number of amides is 3. The number of Topliss-reactive ketones (excluding diaryl/α,β-unsaturated/α-hetero) is 1. The number of methoxy groups -OCH3 is 1. The van der Waals surface area contributed by atoms with Crippen molar-refractivity contribution in [3.05, 3.63) is 17.5 Å². The molecule has 1 aliphatic heterocycles. The van der Waals surface area contributed by atoms with Crippen molar-refractivity contribution in [1.82, 2.24) is 21.1 Å². The maximum absolute atomic E-state index is 12.6. The first kappa shape index (κ1) is 31.4. The van der Waals surface area contributed by atoms with Crippen LogP contribution in [0.25, 0.3) is 0 Å². The van der Waals surface area contributed by atoms with Crippen molar-refractivity contribution >= 4 is 23.5 Å². The summed E-state index contributed by atoms with van der Waals surface area (Å²) in [4.78, 5) is 49.6. The Hall–Kier alpha value is -2.79. The molecule has 1 aromatic heterocycles. The second-order valence-corrected chi connectivity index (χ2v) is 10.9. The Bertz CT molecular complexity index is 936. The third-order valence-corrected chi connectivity index (χ3v) is 6.59. The first-order valence-corrected chi connectivity index (χ1v) is 13.4. The molecule has 1 saturated heterocycles. The lowest BCUT2D eigenvalue weighted by Gasteiger charge is -2.22. The second kappa shape index (κ2) is 15.0. The van der Waals surface area contributed by atoms with Crippen molar-refractivity contribution in [3.8, 4) is 0 Å². The van der Waals surface area contributed by atoms with Crippen molar-refractivity contribution in [2.75, 3.05) is 26.9 Å². The van der Waals surface area contributed by atoms with Crippen LogP contribution < -0.4 is 16.0 Å². The van der Waals surface area contributed by atoms with Crippen molar-refractivity contribution < 1.29 is 33.2 Å². The lowest BCUT2D eigenvalue weighted by Crippen LogP contribution is -2.53. The van der Waals surface area contributed by atoms with Gasteiger partial charge in [-0.15, -0.1) is 0 Å². The molecular weight excluding hydrogens is 492 g/mol. The molecule has 11 heteroatoms. The van der Waals surface area contributed by atoms with Gasteiger partial charge in [-0.1, -0.05) is 58.0 Å². The lowest BCUT2D eigenvalue weighted by atomic mass is 9.91. The highest BCUT2D eigenvalue weighted by Crippen LogP contribution is 2.29. The zero-order valence-corrected chi connectivity index (χ0v) is 23.6. The van der Waals surface area contributed by atoms with Crippen LogP contribution in [-0.2, 0) is 23.9 Å². The number of aryl methyl sites for hydroxylation is 1. The van der Waals surface area contributed by atoms with Crippen LogP contribution in [0.3, 0.4) is 0 Å². The van der Waals surface area contributed by atoms with Gasteiger partial charge >= 0.3 is 0 Å². The molecule has 0 bridgehead atoms. The molecule has 0 aromatic carbocycles. The predicted octanol–water partition coefficient (Wildman–Crippen LogP) is 2.32. The number of ether oxygens (including phenoxy) is 2. The summed E-state index contributed by atoms with van der Waals surface area (Å²) < 4.78 is 15.0. The predicted molar refractivity (Wildman–Crippen MR) is 140 cm³/mol. The Morgan fingerprint density at radius 2 is 1.79 bits per heavy atom. The van der Waals surface area contributed by atoms with E-state index in [-0.39, 0.29) is 30.5 Å². The van der Waals surface area contributed by atoms with Gasteiger partial charge in [-0.3, -0.25) is 19.2 Å². The van der Waals surface area contributed by atoms with E-state index in [1.54, 1.807) is 13.8 Å². The number of ketones is 1. The zero-order valence-electron chi connectivity index (χ0n) is 23.6. The molecule has 3 atom stereocenters. The van der Waals surface area contributed by atoms with Gasteiger partial charge in [0.2, 0.25) is 11.8 Å². The molecule has 0 unspecified atom stereocenters. The van der Waals surface area contributed by atoms with Gasteiger partial charge in [-0.05, 0) is 32.1 Å². The fraction of sp³-hybridized carbons (Fsp3) is 0.741. The highest BCUT2D eigenvalue weighted by molar-refractivity contribution is 5.98. The maximum Gasteiger partial charge on any atom is 0.274 e. The molecule has 2 heterocycles. The van der Waals surface area contributed by atoms with E-state index in [4.69, 9.17) is 14.0 Å². The molecule has 1 aromatic rings. The lowest BCUT2D eigenvalue weighted by molar-refractivity contribution is -0.131. The van der Waals surface area contributed by atoms with Crippen molar-refractivity contribution in [2.45, 2.75) is 90.8 Å². The number of hydrogen-bond acceptors (Lipinski definition) is 8. The van der Waals surface area contributed by atoms with Gasteiger partial charge in [0.1, 0.15) is 17.4 Å². The summed E-state index contributed by atoms with van der Waals surface area (Å²) in [7, 11) is 1.38. The molecular formula is C27H44N4O7. The van der Waals surface area contributed by atoms with Crippen molar-refractivity contribution in [3.63, 3.8) is 0 Å². The molecule has 2 fully saturated rings. The summed E-state index contributed by atoms with van der Waals surface area (Å²) in [6, 6.07) is -0.323. The monoisotopic (exact) mass is 536 g/mol. The number of nitrogens with zero attached hydrogens (tertiary/aromatic N) is 1. The highest BCUT2D eigenvalue weighted by atomic mass is 16.6. The average molecular weight is 537 g/mol. The number of aromatic nitrogens is 1. The fourth-order valence-electron chi connectivity index (χ4n) is 4.22. The Morgan fingerprint density at radius 3 is 2.26 bits per heavy atom. The van der Waals surface area contributed by atoms with E-state index >= 15 is 0 Å². The first-order valence-electron chi connectivity index (χ1n) is 13.4. The molecule has 38 heavy (non-hydrogen) atoms. The molecule has 11 nitrogen and oxygen atoms in total. The van der Waals surface area contributed by atoms with E-state index in [0.29, 0.717) is 18.8 Å². The minimum atomic E-state index is -1.05. The number of hydrogen-bond donors (Lipinski definition) is 3. The van der Waals surface area contributed by atoms with Crippen LogP contribution in [0.15, 0.2) is 10.6 Å². The van der Waals surface area contributed by atoms with Crippen LogP contribution in [0.5, 0.6) is 0 Å². The Balaban J connectivity index is 0.000000624. The van der Waals surface area contributed by atoms with E-state index in [9.17, 15) is 19.2 Å². The van der Waals surface area contributed by atoms with E-state index in [2.05, 4.69) is 28.0 Å². The molecule has 3 amide bonds. The molecule has 2 aliphatic rings. The first-order chi connectivity index (χ1) is 17.9. The van der Waals surface area contributed by atoms with Crippen LogP contribution in [0.2, 0.25) is 0 Å². The summed E-state index contributed by atoms with van der Waals surface area (Å²) in [6.45, 7) is 9.42. The smallest absolute Gasteiger partial charge is 0.274 e. The Kier molecular flexibility index (Phi) is 12.4. The minimum Gasteiger partial charge on any atom is -0.382 e. The van der Waals surface area contributed by atoms with Gasteiger partial charge in [0.25, 0.3) is 5.91 Å². The van der Waals surface area contributed by atoms with Crippen LogP contribution in [0, 0.1) is 18.8 Å². The second-order valence-electron chi connectivity index (χ2n) is 10.9. The molecule has 1 aliphatic carbocycles. The topological polar surface area (TPSA) is 152 Å². The fourth-order valence-corrected chi connectivity index (χ4v) is 4.22. The summed E-state index contributed by atoms with van der Waals surface area (Å²) >= 11 is 0. The number of carbonyl (C=O) groups excluding carboxylic acids is 4. The molecule has 3 rings (SSSR count).